The summed E-state index contributed by atoms with van der Waals surface area (Å²) < 4.78 is 0. The van der Waals surface area contributed by atoms with E-state index in [2.05, 4.69) is 26.1 Å². The summed E-state index contributed by atoms with van der Waals surface area (Å²) in [6.45, 7) is 6.29. The van der Waals surface area contributed by atoms with Gasteiger partial charge in [-0.1, -0.05) is 13.8 Å². The highest BCUT2D eigenvalue weighted by atomic mass is 32.2. The highest BCUT2D eigenvalue weighted by Gasteiger charge is 2.41. The van der Waals surface area contributed by atoms with Gasteiger partial charge in [-0.2, -0.15) is 11.8 Å². The van der Waals surface area contributed by atoms with Crippen molar-refractivity contribution in [2.75, 3.05) is 11.5 Å². The molecule has 0 aromatic carbocycles. The van der Waals surface area contributed by atoms with Gasteiger partial charge in [-0.3, -0.25) is 10.1 Å². The van der Waals surface area contributed by atoms with E-state index in [-0.39, 0.29) is 6.04 Å². The van der Waals surface area contributed by atoms with Crippen LogP contribution in [0.15, 0.2) is 0 Å². The molecule has 15 heavy (non-hydrogen) atoms. The van der Waals surface area contributed by atoms with Crippen LogP contribution >= 0.6 is 11.8 Å². The van der Waals surface area contributed by atoms with Gasteiger partial charge in [-0.15, -0.1) is 0 Å². The fraction of sp³-hybridized carbons (Fsp3) is 0.909. The van der Waals surface area contributed by atoms with E-state index in [4.69, 9.17) is 0 Å². The molecule has 2 unspecified atom stereocenters. The molecule has 0 aliphatic carbocycles. The summed E-state index contributed by atoms with van der Waals surface area (Å²) in [6.07, 6.45) is 1.75. The van der Waals surface area contributed by atoms with Crippen molar-refractivity contribution in [2.45, 2.75) is 45.2 Å². The van der Waals surface area contributed by atoms with Crippen molar-refractivity contribution in [3.63, 3.8) is 0 Å². The van der Waals surface area contributed by atoms with Crippen LogP contribution in [0, 0.1) is 5.92 Å². The molecule has 88 valence electrons. The molecule has 0 saturated carbocycles. The average molecular weight is 231 g/mol. The van der Waals surface area contributed by atoms with E-state index in [0.717, 1.165) is 18.6 Å². The maximum atomic E-state index is 11.4. The standard InChI is InChI=1S/C11H21NO2S/c1-8(2)9(3)12-11(10(13)14)5-4-6-15-7-11/h8-9,12H,4-7H2,1-3H3,(H,13,14). The van der Waals surface area contributed by atoms with Crippen molar-refractivity contribution in [1.82, 2.24) is 5.32 Å². The van der Waals surface area contributed by atoms with Crippen LogP contribution < -0.4 is 5.32 Å². The van der Waals surface area contributed by atoms with Crippen LogP contribution in [0.1, 0.15) is 33.6 Å². The number of nitrogens with one attached hydrogen (secondary N) is 1. The molecule has 0 radical (unpaired) electrons. The van der Waals surface area contributed by atoms with Crippen LogP contribution in [0.3, 0.4) is 0 Å². The Balaban J connectivity index is 2.68. The Bertz CT molecular complexity index is 225. The van der Waals surface area contributed by atoms with E-state index in [9.17, 15) is 9.90 Å². The number of hydrogen-bond donors (Lipinski definition) is 2. The van der Waals surface area contributed by atoms with Gasteiger partial charge in [0.1, 0.15) is 5.54 Å². The van der Waals surface area contributed by atoms with Crippen LogP contribution in [-0.4, -0.2) is 34.2 Å². The summed E-state index contributed by atoms with van der Waals surface area (Å²) >= 11 is 1.74. The Labute approximate surface area is 96.0 Å². The van der Waals surface area contributed by atoms with Gasteiger partial charge in [-0.25, -0.2) is 0 Å². The number of carboxylic acids is 1. The summed E-state index contributed by atoms with van der Waals surface area (Å²) in [4.78, 5) is 11.4. The van der Waals surface area contributed by atoms with Gasteiger partial charge in [-0.05, 0) is 31.4 Å². The van der Waals surface area contributed by atoms with Crippen molar-refractivity contribution in [2.24, 2.45) is 5.92 Å². The zero-order valence-corrected chi connectivity index (χ0v) is 10.6. The number of hydrogen-bond acceptors (Lipinski definition) is 3. The molecule has 1 saturated heterocycles. The smallest absolute Gasteiger partial charge is 0.324 e. The van der Waals surface area contributed by atoms with E-state index < -0.39 is 11.5 Å². The normalized spacial score (nSPS) is 29.1. The third kappa shape index (κ3) is 3.11. The van der Waals surface area contributed by atoms with Gasteiger partial charge in [0.05, 0.1) is 0 Å². The SMILES string of the molecule is CC(C)C(C)NC1(C(=O)O)CCCSC1. The number of carboxylic acid groups (broad SMARTS) is 1. The summed E-state index contributed by atoms with van der Waals surface area (Å²) in [7, 11) is 0. The third-order valence-corrected chi connectivity index (χ3v) is 4.43. The molecule has 1 aliphatic rings. The molecule has 2 N–H and O–H groups in total. The third-order valence-electron chi connectivity index (χ3n) is 3.15. The van der Waals surface area contributed by atoms with Crippen molar-refractivity contribution < 1.29 is 9.90 Å². The van der Waals surface area contributed by atoms with E-state index in [1.165, 1.54) is 0 Å². The van der Waals surface area contributed by atoms with Gasteiger partial charge in [0.25, 0.3) is 0 Å². The molecule has 2 atom stereocenters. The molecular formula is C11H21NO2S. The molecular weight excluding hydrogens is 210 g/mol. The van der Waals surface area contributed by atoms with E-state index in [1.54, 1.807) is 11.8 Å². The fourth-order valence-corrected chi connectivity index (χ4v) is 2.93. The monoisotopic (exact) mass is 231 g/mol. The Hall–Kier alpha value is -0.220. The molecule has 0 amide bonds. The van der Waals surface area contributed by atoms with Crippen LogP contribution in [0.4, 0.5) is 0 Å². The molecule has 0 aromatic heterocycles. The maximum absolute atomic E-state index is 11.4. The predicted molar refractivity (Wildman–Crippen MR) is 64.4 cm³/mol. The molecule has 4 heteroatoms. The number of aliphatic carboxylic acids is 1. The van der Waals surface area contributed by atoms with Crippen LogP contribution in [-0.2, 0) is 4.79 Å². The van der Waals surface area contributed by atoms with Gasteiger partial charge < -0.3 is 5.11 Å². The predicted octanol–water partition coefficient (Wildman–Crippen LogP) is 1.97. The molecule has 0 spiro atoms. The lowest BCUT2D eigenvalue weighted by molar-refractivity contribution is -0.144. The Morgan fingerprint density at radius 3 is 2.53 bits per heavy atom. The quantitative estimate of drug-likeness (QED) is 0.776. The molecule has 1 fully saturated rings. The molecule has 1 rings (SSSR count). The largest absolute Gasteiger partial charge is 0.480 e. The second-order valence-corrected chi connectivity index (χ2v) is 5.83. The van der Waals surface area contributed by atoms with Gasteiger partial charge >= 0.3 is 5.97 Å². The highest BCUT2D eigenvalue weighted by Crippen LogP contribution is 2.28. The lowest BCUT2D eigenvalue weighted by Gasteiger charge is -2.37. The maximum Gasteiger partial charge on any atom is 0.324 e. The first-order chi connectivity index (χ1) is 6.98. The highest BCUT2D eigenvalue weighted by molar-refractivity contribution is 7.99. The van der Waals surface area contributed by atoms with Crippen LogP contribution in [0.2, 0.25) is 0 Å². The van der Waals surface area contributed by atoms with Crippen molar-refractivity contribution in [1.29, 1.82) is 0 Å². The summed E-state index contributed by atoms with van der Waals surface area (Å²) in [6, 6.07) is 0.250. The molecule has 0 bridgehead atoms. The minimum absolute atomic E-state index is 0.250. The summed E-state index contributed by atoms with van der Waals surface area (Å²) in [5.74, 6) is 1.56. The van der Waals surface area contributed by atoms with Gasteiger partial charge in [0.15, 0.2) is 0 Å². The first-order valence-corrected chi connectivity index (χ1v) is 6.72. The fourth-order valence-electron chi connectivity index (χ4n) is 1.74. The molecule has 1 aliphatic heterocycles. The first-order valence-electron chi connectivity index (χ1n) is 5.57. The Morgan fingerprint density at radius 2 is 2.13 bits per heavy atom. The Morgan fingerprint density at radius 1 is 1.47 bits per heavy atom. The van der Waals surface area contributed by atoms with Gasteiger partial charge in [0.2, 0.25) is 0 Å². The van der Waals surface area contributed by atoms with Crippen LogP contribution in [0.5, 0.6) is 0 Å². The minimum Gasteiger partial charge on any atom is -0.480 e. The van der Waals surface area contributed by atoms with Crippen molar-refractivity contribution in [3.8, 4) is 0 Å². The lowest BCUT2D eigenvalue weighted by atomic mass is 9.92. The summed E-state index contributed by atoms with van der Waals surface area (Å²) in [5.41, 5.74) is -0.688. The zero-order chi connectivity index (χ0) is 11.5. The van der Waals surface area contributed by atoms with Crippen molar-refractivity contribution >= 4 is 17.7 Å². The van der Waals surface area contributed by atoms with Gasteiger partial charge in [0, 0.05) is 11.8 Å². The topological polar surface area (TPSA) is 49.3 Å². The number of carbonyl (C=O) groups is 1. The number of rotatable bonds is 4. The van der Waals surface area contributed by atoms with Crippen LogP contribution in [0.25, 0.3) is 0 Å². The lowest BCUT2D eigenvalue weighted by Crippen LogP contribution is -2.59. The zero-order valence-electron chi connectivity index (χ0n) is 9.75. The second-order valence-electron chi connectivity index (χ2n) is 4.72. The van der Waals surface area contributed by atoms with E-state index in [0.29, 0.717) is 11.7 Å². The molecule has 0 aromatic rings. The Kier molecular flexibility index (Phi) is 4.46. The minimum atomic E-state index is -0.692. The average Bonchev–Trinajstić information content (AvgIpc) is 2.18. The number of thioether (sulfide) groups is 1. The van der Waals surface area contributed by atoms with Crippen molar-refractivity contribution in [3.05, 3.63) is 0 Å². The second kappa shape index (κ2) is 5.21. The van der Waals surface area contributed by atoms with E-state index in [1.807, 2.05) is 0 Å². The van der Waals surface area contributed by atoms with E-state index >= 15 is 0 Å². The molecule has 3 nitrogen and oxygen atoms in total. The first kappa shape index (κ1) is 12.8. The molecule has 1 heterocycles. The summed E-state index contributed by atoms with van der Waals surface area (Å²) in [5, 5.41) is 12.7.